The maximum Gasteiger partial charge on any atom is 0.408 e. The zero-order valence-electron chi connectivity index (χ0n) is 16.9. The Morgan fingerprint density at radius 3 is 2.24 bits per heavy atom. The second kappa shape index (κ2) is 10.0. The molecule has 29 heavy (non-hydrogen) atoms. The van der Waals surface area contributed by atoms with Crippen molar-refractivity contribution in [3.63, 3.8) is 0 Å². The maximum atomic E-state index is 12.3. The first-order valence-electron chi connectivity index (χ1n) is 8.98. The normalized spacial score (nSPS) is 19.9. The third-order valence-electron chi connectivity index (χ3n) is 3.49. The summed E-state index contributed by atoms with van der Waals surface area (Å²) in [7, 11) is 0. The molecule has 4 atom stereocenters. The molecule has 1 aliphatic heterocycles. The van der Waals surface area contributed by atoms with E-state index in [-0.39, 0.29) is 13.2 Å². The van der Waals surface area contributed by atoms with Gasteiger partial charge in [0, 0.05) is 6.54 Å². The van der Waals surface area contributed by atoms with E-state index in [0.717, 1.165) is 0 Å². The number of carboxylic acid groups (broad SMARTS) is 1. The van der Waals surface area contributed by atoms with Gasteiger partial charge in [0.1, 0.15) is 17.7 Å². The van der Waals surface area contributed by atoms with Crippen molar-refractivity contribution < 1.29 is 43.3 Å². The second-order valence-corrected chi connectivity index (χ2v) is 7.24. The van der Waals surface area contributed by atoms with E-state index in [4.69, 9.17) is 19.3 Å². The molecule has 1 rings (SSSR count). The monoisotopic (exact) mass is 417 g/mol. The van der Waals surface area contributed by atoms with Crippen LogP contribution in [0.4, 0.5) is 4.79 Å². The molecular weight excluding hydrogens is 390 g/mol. The molecule has 0 bridgehead atoms. The third-order valence-corrected chi connectivity index (χ3v) is 3.49. The molecule has 0 aromatic carbocycles. The number of carbonyl (C=O) groups excluding carboxylic acids is 4. The standard InChI is InChI=1S/C17H27N3O9/c1-6-27-15(25)11-10(28-11)13(22)18-7-9(12(21)19-8(2)14(23)24)20-16(26)29-17(3,4)5/h8-11H,6-7H2,1-5H3,(H,18,22)(H,19,21)(H,20,26)(H,23,24)/t8-,9-,10?,11?/m0/s1. The molecule has 3 amide bonds. The van der Waals surface area contributed by atoms with Crippen molar-refractivity contribution in [1.82, 2.24) is 16.0 Å². The van der Waals surface area contributed by atoms with Crippen LogP contribution in [0.1, 0.15) is 34.6 Å². The van der Waals surface area contributed by atoms with E-state index in [9.17, 15) is 24.0 Å². The fourth-order valence-corrected chi connectivity index (χ4v) is 2.05. The van der Waals surface area contributed by atoms with Crippen molar-refractivity contribution in [2.24, 2.45) is 0 Å². The van der Waals surface area contributed by atoms with Crippen LogP contribution >= 0.6 is 0 Å². The number of ether oxygens (including phenoxy) is 3. The minimum atomic E-state index is -1.32. The highest BCUT2D eigenvalue weighted by Crippen LogP contribution is 2.23. The number of hydrogen-bond donors (Lipinski definition) is 4. The number of nitrogens with one attached hydrogen (secondary N) is 3. The molecule has 1 heterocycles. The zero-order valence-corrected chi connectivity index (χ0v) is 16.9. The lowest BCUT2D eigenvalue weighted by Gasteiger charge is -2.24. The van der Waals surface area contributed by atoms with E-state index in [1.807, 2.05) is 0 Å². The fourth-order valence-electron chi connectivity index (χ4n) is 2.05. The van der Waals surface area contributed by atoms with Gasteiger partial charge in [-0.3, -0.25) is 14.4 Å². The molecule has 1 fully saturated rings. The number of alkyl carbamates (subject to hydrolysis) is 1. The number of aliphatic carboxylic acids is 1. The van der Waals surface area contributed by atoms with Crippen molar-refractivity contribution in [3.8, 4) is 0 Å². The van der Waals surface area contributed by atoms with E-state index in [0.29, 0.717) is 0 Å². The van der Waals surface area contributed by atoms with Gasteiger partial charge >= 0.3 is 18.0 Å². The lowest BCUT2D eigenvalue weighted by molar-refractivity contribution is -0.144. The van der Waals surface area contributed by atoms with Crippen LogP contribution in [-0.4, -0.2) is 78.0 Å². The number of esters is 1. The fraction of sp³-hybridized carbons (Fsp3) is 0.706. The molecule has 4 N–H and O–H groups in total. The topological polar surface area (TPSA) is 173 Å². The summed E-state index contributed by atoms with van der Waals surface area (Å²) < 4.78 is 14.8. The highest BCUT2D eigenvalue weighted by Gasteiger charge is 2.51. The van der Waals surface area contributed by atoms with Gasteiger partial charge in [0.2, 0.25) is 5.91 Å². The van der Waals surface area contributed by atoms with Crippen LogP contribution in [0.3, 0.4) is 0 Å². The Balaban J connectivity index is 2.69. The van der Waals surface area contributed by atoms with Crippen LogP contribution < -0.4 is 16.0 Å². The highest BCUT2D eigenvalue weighted by molar-refractivity contribution is 5.94. The molecule has 0 aliphatic carbocycles. The molecule has 0 aromatic rings. The van der Waals surface area contributed by atoms with Gasteiger partial charge in [0.15, 0.2) is 12.2 Å². The van der Waals surface area contributed by atoms with Crippen LogP contribution in [0.15, 0.2) is 0 Å². The largest absolute Gasteiger partial charge is 0.480 e. The molecule has 12 heteroatoms. The van der Waals surface area contributed by atoms with Crippen molar-refractivity contribution in [2.75, 3.05) is 13.2 Å². The lowest BCUT2D eigenvalue weighted by atomic mass is 10.2. The predicted octanol–water partition coefficient (Wildman–Crippen LogP) is -1.08. The SMILES string of the molecule is CCOC(=O)C1OC1C(=O)NC[C@H](NC(=O)OC(C)(C)C)C(=O)N[C@@H](C)C(=O)O. The van der Waals surface area contributed by atoms with Crippen LogP contribution in [0, 0.1) is 0 Å². The Hall–Kier alpha value is -2.89. The number of carbonyl (C=O) groups is 5. The number of carboxylic acids is 1. The summed E-state index contributed by atoms with van der Waals surface area (Å²) in [6.07, 6.45) is -3.01. The number of hydrogen-bond acceptors (Lipinski definition) is 8. The Bertz CT molecular complexity index is 659. The van der Waals surface area contributed by atoms with Crippen molar-refractivity contribution in [3.05, 3.63) is 0 Å². The quantitative estimate of drug-likeness (QED) is 0.269. The van der Waals surface area contributed by atoms with E-state index >= 15 is 0 Å². The minimum Gasteiger partial charge on any atom is -0.480 e. The molecule has 0 radical (unpaired) electrons. The minimum absolute atomic E-state index is 0.136. The summed E-state index contributed by atoms with van der Waals surface area (Å²) >= 11 is 0. The van der Waals surface area contributed by atoms with E-state index in [1.54, 1.807) is 27.7 Å². The highest BCUT2D eigenvalue weighted by atomic mass is 16.6. The van der Waals surface area contributed by atoms with Crippen LogP contribution in [0.25, 0.3) is 0 Å². The van der Waals surface area contributed by atoms with E-state index in [1.165, 1.54) is 6.92 Å². The molecule has 0 spiro atoms. The predicted molar refractivity (Wildman–Crippen MR) is 96.7 cm³/mol. The van der Waals surface area contributed by atoms with Gasteiger partial charge in [-0.1, -0.05) is 0 Å². The average Bonchev–Trinajstić information content (AvgIpc) is 3.37. The first-order chi connectivity index (χ1) is 13.4. The summed E-state index contributed by atoms with van der Waals surface area (Å²) in [6.45, 7) is 7.47. The third kappa shape index (κ3) is 8.34. The molecule has 164 valence electrons. The maximum absolute atomic E-state index is 12.3. The van der Waals surface area contributed by atoms with Gasteiger partial charge in [-0.05, 0) is 34.6 Å². The molecule has 1 saturated heterocycles. The summed E-state index contributed by atoms with van der Waals surface area (Å²) in [5.41, 5.74) is -0.836. The molecule has 1 aliphatic rings. The molecule has 2 unspecified atom stereocenters. The van der Waals surface area contributed by atoms with Gasteiger partial charge < -0.3 is 35.3 Å². The Kier molecular flexibility index (Phi) is 8.37. The summed E-state index contributed by atoms with van der Waals surface area (Å²) in [6, 6.07) is -2.54. The number of rotatable bonds is 9. The lowest BCUT2D eigenvalue weighted by Crippen LogP contribution is -2.56. The van der Waals surface area contributed by atoms with Gasteiger partial charge in [-0.2, -0.15) is 0 Å². The Morgan fingerprint density at radius 1 is 1.10 bits per heavy atom. The van der Waals surface area contributed by atoms with Crippen LogP contribution in [0.5, 0.6) is 0 Å². The number of amides is 3. The molecule has 0 saturated carbocycles. The Labute approximate surface area is 167 Å². The summed E-state index contributed by atoms with van der Waals surface area (Å²) in [4.78, 5) is 58.8. The first-order valence-corrected chi connectivity index (χ1v) is 8.98. The molecule has 0 aromatic heterocycles. The van der Waals surface area contributed by atoms with Gasteiger partial charge in [0.05, 0.1) is 6.61 Å². The van der Waals surface area contributed by atoms with Gasteiger partial charge in [0.25, 0.3) is 5.91 Å². The molecular formula is C17H27N3O9. The van der Waals surface area contributed by atoms with Crippen molar-refractivity contribution in [1.29, 1.82) is 0 Å². The zero-order chi connectivity index (χ0) is 22.4. The van der Waals surface area contributed by atoms with Crippen molar-refractivity contribution in [2.45, 2.75) is 64.5 Å². The second-order valence-electron chi connectivity index (χ2n) is 7.24. The van der Waals surface area contributed by atoms with Gasteiger partial charge in [-0.25, -0.2) is 9.59 Å². The molecule has 12 nitrogen and oxygen atoms in total. The van der Waals surface area contributed by atoms with E-state index in [2.05, 4.69) is 16.0 Å². The van der Waals surface area contributed by atoms with Gasteiger partial charge in [-0.15, -0.1) is 0 Å². The average molecular weight is 417 g/mol. The van der Waals surface area contributed by atoms with E-state index < -0.39 is 59.7 Å². The number of epoxide rings is 1. The van der Waals surface area contributed by atoms with Crippen LogP contribution in [0.2, 0.25) is 0 Å². The Morgan fingerprint density at radius 2 is 1.72 bits per heavy atom. The smallest absolute Gasteiger partial charge is 0.408 e. The van der Waals surface area contributed by atoms with Crippen LogP contribution in [-0.2, 0) is 33.4 Å². The first kappa shape index (κ1) is 24.1. The summed E-state index contributed by atoms with van der Waals surface area (Å²) in [5.74, 6) is -3.48. The van der Waals surface area contributed by atoms with Crippen molar-refractivity contribution >= 4 is 29.8 Å². The summed E-state index contributed by atoms with van der Waals surface area (Å²) in [5, 5.41) is 15.8.